The molecule has 0 saturated carbocycles. The molecule has 0 spiro atoms. The van der Waals surface area contributed by atoms with Crippen molar-refractivity contribution in [3.05, 3.63) is 70.5 Å². The summed E-state index contributed by atoms with van der Waals surface area (Å²) in [6, 6.07) is 12.9. The molecule has 0 atom stereocenters. The largest absolute Gasteiger partial charge is 0.374 e. The van der Waals surface area contributed by atoms with Gasteiger partial charge in [-0.05, 0) is 53.6 Å². The topological polar surface area (TPSA) is 81.9 Å². The molecule has 0 aliphatic heterocycles. The highest BCUT2D eigenvalue weighted by Gasteiger charge is 2.14. The zero-order chi connectivity index (χ0) is 19.2. The molecule has 140 valence electrons. The number of benzene rings is 2. The lowest BCUT2D eigenvalue weighted by Gasteiger charge is -2.11. The molecular weight excluding hydrogens is 366 g/mol. The minimum absolute atomic E-state index is 0.167. The van der Waals surface area contributed by atoms with Crippen molar-refractivity contribution in [1.29, 1.82) is 0 Å². The zero-order valence-electron chi connectivity index (χ0n) is 15.1. The van der Waals surface area contributed by atoms with Crippen molar-refractivity contribution >= 4 is 17.5 Å². The van der Waals surface area contributed by atoms with Gasteiger partial charge in [0.25, 0.3) is 5.91 Å². The Kier molecular flexibility index (Phi) is 6.16. The van der Waals surface area contributed by atoms with Gasteiger partial charge in [0, 0.05) is 11.6 Å². The fourth-order valence-corrected chi connectivity index (χ4v) is 2.70. The van der Waals surface area contributed by atoms with Crippen molar-refractivity contribution in [2.24, 2.45) is 0 Å². The van der Waals surface area contributed by atoms with Crippen molar-refractivity contribution in [2.45, 2.75) is 33.1 Å². The second-order valence-electron chi connectivity index (χ2n) is 6.28. The zero-order valence-corrected chi connectivity index (χ0v) is 15.8. The molecule has 1 amide bonds. The summed E-state index contributed by atoms with van der Waals surface area (Å²) in [5, 5.41) is 14.4. The Balaban J connectivity index is 1.72. The molecular formula is C19H20ClN5O2. The molecule has 0 aliphatic carbocycles. The summed E-state index contributed by atoms with van der Waals surface area (Å²) in [5.41, 5.74) is 3.00. The van der Waals surface area contributed by atoms with E-state index < -0.39 is 0 Å². The summed E-state index contributed by atoms with van der Waals surface area (Å²) in [4.78, 5) is 12.7. The van der Waals surface area contributed by atoms with Crippen molar-refractivity contribution in [2.75, 3.05) is 0 Å². The van der Waals surface area contributed by atoms with E-state index in [0.717, 1.165) is 11.1 Å². The van der Waals surface area contributed by atoms with Gasteiger partial charge in [-0.25, -0.2) is 0 Å². The predicted octanol–water partition coefficient (Wildman–Crippen LogP) is 3.17. The fourth-order valence-electron chi connectivity index (χ4n) is 2.53. The van der Waals surface area contributed by atoms with Crippen LogP contribution in [0.15, 0.2) is 48.8 Å². The van der Waals surface area contributed by atoms with Crippen LogP contribution in [0.5, 0.6) is 0 Å². The maximum atomic E-state index is 12.7. The molecule has 0 saturated heterocycles. The van der Waals surface area contributed by atoms with Crippen molar-refractivity contribution in [1.82, 2.24) is 25.5 Å². The molecule has 27 heavy (non-hydrogen) atoms. The number of hydrogen-bond donors (Lipinski definition) is 1. The van der Waals surface area contributed by atoms with E-state index in [-0.39, 0.29) is 12.0 Å². The van der Waals surface area contributed by atoms with E-state index in [0.29, 0.717) is 29.4 Å². The first-order valence-corrected chi connectivity index (χ1v) is 8.91. The minimum atomic E-state index is -0.258. The van der Waals surface area contributed by atoms with Crippen molar-refractivity contribution in [3.63, 3.8) is 0 Å². The van der Waals surface area contributed by atoms with Crippen LogP contribution in [0.3, 0.4) is 0 Å². The van der Waals surface area contributed by atoms with Gasteiger partial charge < -0.3 is 10.1 Å². The monoisotopic (exact) mass is 385 g/mol. The average molecular weight is 386 g/mol. The molecule has 1 N–H and O–H groups in total. The number of ether oxygens (including phenoxy) is 1. The molecule has 1 aromatic heterocycles. The summed E-state index contributed by atoms with van der Waals surface area (Å²) in [6.45, 7) is 4.92. The van der Waals surface area contributed by atoms with Crippen LogP contribution >= 0.6 is 11.6 Å². The molecule has 0 fully saturated rings. The number of rotatable bonds is 7. The lowest BCUT2D eigenvalue weighted by atomic mass is 10.1. The van der Waals surface area contributed by atoms with Gasteiger partial charge in [0.1, 0.15) is 6.33 Å². The van der Waals surface area contributed by atoms with Gasteiger partial charge in [-0.2, -0.15) is 4.68 Å². The van der Waals surface area contributed by atoms with Crippen LogP contribution in [0.25, 0.3) is 5.69 Å². The van der Waals surface area contributed by atoms with Gasteiger partial charge in [-0.3, -0.25) is 4.79 Å². The van der Waals surface area contributed by atoms with Crippen molar-refractivity contribution in [3.8, 4) is 5.69 Å². The molecule has 7 nitrogen and oxygen atoms in total. The molecule has 3 rings (SSSR count). The second kappa shape index (κ2) is 8.75. The molecule has 0 radical (unpaired) electrons. The standard InChI is InChI=1S/C19H20ClN5O2/c1-13(2)27-11-15-5-3-4-14(8-15)10-21-19(26)17-9-16(20)6-7-18(17)25-12-22-23-24-25/h3-9,12-13H,10-11H2,1-2H3,(H,21,26). The van der Waals surface area contributed by atoms with Crippen LogP contribution in [-0.2, 0) is 17.9 Å². The number of carbonyl (C=O) groups excluding carboxylic acids is 1. The first kappa shape index (κ1) is 19.0. The first-order valence-electron chi connectivity index (χ1n) is 8.53. The number of hydrogen-bond acceptors (Lipinski definition) is 5. The SMILES string of the molecule is CC(C)OCc1cccc(CNC(=O)c2cc(Cl)ccc2-n2cnnn2)c1. The Bertz CT molecular complexity index is 912. The first-order chi connectivity index (χ1) is 13.0. The predicted molar refractivity (Wildman–Crippen MR) is 102 cm³/mol. The van der Waals surface area contributed by atoms with E-state index in [1.807, 2.05) is 38.1 Å². The van der Waals surface area contributed by atoms with Crippen LogP contribution in [0.2, 0.25) is 5.02 Å². The number of amides is 1. The molecule has 0 aliphatic rings. The molecule has 0 bridgehead atoms. The summed E-state index contributed by atoms with van der Waals surface area (Å²) in [6.07, 6.45) is 1.60. The normalized spacial score (nSPS) is 11.0. The number of tetrazole rings is 1. The highest BCUT2D eigenvalue weighted by atomic mass is 35.5. The van der Waals surface area contributed by atoms with E-state index in [1.54, 1.807) is 18.2 Å². The maximum Gasteiger partial charge on any atom is 0.253 e. The highest BCUT2D eigenvalue weighted by molar-refractivity contribution is 6.31. The van der Waals surface area contributed by atoms with Crippen LogP contribution in [-0.4, -0.2) is 32.2 Å². The second-order valence-corrected chi connectivity index (χ2v) is 6.71. The third kappa shape index (κ3) is 5.12. The summed E-state index contributed by atoms with van der Waals surface area (Å²) in [5.74, 6) is -0.258. The molecule has 8 heteroatoms. The number of carbonyl (C=O) groups is 1. The fraction of sp³-hybridized carbons (Fsp3) is 0.263. The Morgan fingerprint density at radius 2 is 2.04 bits per heavy atom. The van der Waals surface area contributed by atoms with Crippen LogP contribution in [0.4, 0.5) is 0 Å². The highest BCUT2D eigenvalue weighted by Crippen LogP contribution is 2.19. The van der Waals surface area contributed by atoms with Gasteiger partial charge >= 0.3 is 0 Å². The van der Waals surface area contributed by atoms with Gasteiger partial charge in [-0.1, -0.05) is 35.9 Å². The van der Waals surface area contributed by atoms with Gasteiger partial charge in [0.2, 0.25) is 0 Å². The lowest BCUT2D eigenvalue weighted by Crippen LogP contribution is -2.24. The van der Waals surface area contributed by atoms with Crippen LogP contribution in [0.1, 0.15) is 35.3 Å². The number of halogens is 1. The Hall–Kier alpha value is -2.77. The number of aromatic nitrogens is 4. The van der Waals surface area contributed by atoms with Gasteiger partial charge in [0.05, 0.1) is 24.0 Å². The Labute approximate surface area is 162 Å². The smallest absolute Gasteiger partial charge is 0.253 e. The molecule has 2 aromatic carbocycles. The summed E-state index contributed by atoms with van der Waals surface area (Å²) in [7, 11) is 0. The van der Waals surface area contributed by atoms with Gasteiger partial charge in [0.15, 0.2) is 0 Å². The van der Waals surface area contributed by atoms with Crippen LogP contribution in [0, 0.1) is 0 Å². The summed E-state index contributed by atoms with van der Waals surface area (Å²) >= 11 is 6.07. The summed E-state index contributed by atoms with van der Waals surface area (Å²) < 4.78 is 7.05. The number of nitrogens with zero attached hydrogens (tertiary/aromatic N) is 4. The number of nitrogens with one attached hydrogen (secondary N) is 1. The third-order valence-corrected chi connectivity index (χ3v) is 4.06. The maximum absolute atomic E-state index is 12.7. The quantitative estimate of drug-likeness (QED) is 0.675. The third-order valence-electron chi connectivity index (χ3n) is 3.83. The Morgan fingerprint density at radius 3 is 2.78 bits per heavy atom. The average Bonchev–Trinajstić information content (AvgIpc) is 3.19. The van der Waals surface area contributed by atoms with E-state index in [1.165, 1.54) is 11.0 Å². The van der Waals surface area contributed by atoms with Crippen LogP contribution < -0.4 is 5.32 Å². The molecule has 0 unspecified atom stereocenters. The molecule has 3 aromatic rings. The van der Waals surface area contributed by atoms with E-state index >= 15 is 0 Å². The van der Waals surface area contributed by atoms with E-state index in [2.05, 4.69) is 20.8 Å². The van der Waals surface area contributed by atoms with Gasteiger partial charge in [-0.15, -0.1) is 5.10 Å². The van der Waals surface area contributed by atoms with Crippen molar-refractivity contribution < 1.29 is 9.53 Å². The minimum Gasteiger partial charge on any atom is -0.374 e. The molecule has 1 heterocycles. The van der Waals surface area contributed by atoms with E-state index in [4.69, 9.17) is 16.3 Å². The Morgan fingerprint density at radius 1 is 1.22 bits per heavy atom. The lowest BCUT2D eigenvalue weighted by molar-refractivity contribution is 0.0657. The van der Waals surface area contributed by atoms with E-state index in [9.17, 15) is 4.79 Å².